The number of benzene rings is 5. The van der Waals surface area contributed by atoms with Gasteiger partial charge in [-0.05, 0) is 69.4 Å². The number of fused-ring (bicyclic) bond motifs is 4. The van der Waals surface area contributed by atoms with Crippen molar-refractivity contribution in [2.24, 2.45) is 5.41 Å². The van der Waals surface area contributed by atoms with E-state index in [9.17, 15) is 0 Å². The molecule has 8 rings (SSSR count). The molecule has 0 bridgehead atoms. The van der Waals surface area contributed by atoms with Crippen LogP contribution in [0.15, 0.2) is 114 Å². The molecule has 6 heteroatoms. The Balaban J connectivity index is 0.000000200. The van der Waals surface area contributed by atoms with Crippen LogP contribution < -0.4 is 5.19 Å². The van der Waals surface area contributed by atoms with E-state index in [1.54, 1.807) is 0 Å². The van der Waals surface area contributed by atoms with E-state index in [2.05, 4.69) is 185 Å². The maximum absolute atomic E-state index is 6.30. The monoisotopic (exact) mass is 974 g/mol. The third kappa shape index (κ3) is 9.41. The fourth-order valence-electron chi connectivity index (χ4n) is 7.98. The molecule has 0 amide bonds. The molecule has 59 heavy (non-hydrogen) atoms. The fraction of sp³-hybridized carbons (Fsp3) is 0.321. The summed E-state index contributed by atoms with van der Waals surface area (Å²) >= 11 is 0. The minimum atomic E-state index is -1.42. The fourth-order valence-corrected chi connectivity index (χ4v) is 9.55. The number of imidazole rings is 1. The molecule has 307 valence electrons. The van der Waals surface area contributed by atoms with Crippen LogP contribution in [0.25, 0.3) is 61.3 Å². The Morgan fingerprint density at radius 2 is 1.42 bits per heavy atom. The van der Waals surface area contributed by atoms with Gasteiger partial charge in [-0.3, -0.25) is 4.98 Å². The number of nitrogens with zero attached hydrogens (tertiary/aromatic N) is 3. The summed E-state index contributed by atoms with van der Waals surface area (Å²) in [5.74, 6) is 0.833. The summed E-state index contributed by atoms with van der Waals surface area (Å²) in [5, 5.41) is 3.67. The van der Waals surface area contributed by atoms with Crippen LogP contribution in [0.1, 0.15) is 84.6 Å². The molecule has 8 aromatic rings. The van der Waals surface area contributed by atoms with Crippen LogP contribution in [-0.2, 0) is 37.4 Å². The van der Waals surface area contributed by atoms with E-state index < -0.39 is 8.07 Å². The third-order valence-corrected chi connectivity index (χ3v) is 12.9. The van der Waals surface area contributed by atoms with Crippen molar-refractivity contribution in [2.45, 2.75) is 106 Å². The van der Waals surface area contributed by atoms with Gasteiger partial charge in [-0.1, -0.05) is 154 Å². The van der Waals surface area contributed by atoms with Crippen LogP contribution in [0.4, 0.5) is 0 Å². The summed E-state index contributed by atoms with van der Waals surface area (Å²) in [6, 6.07) is 42.8. The van der Waals surface area contributed by atoms with Gasteiger partial charge in [-0.2, -0.15) is 0 Å². The summed E-state index contributed by atoms with van der Waals surface area (Å²) in [5.41, 5.74) is 13.7. The van der Waals surface area contributed by atoms with Crippen molar-refractivity contribution >= 4 is 46.2 Å². The number of aryl methyl sites for hydroxylation is 1. The molecule has 0 N–H and O–H groups in total. The van der Waals surface area contributed by atoms with E-state index >= 15 is 0 Å². The van der Waals surface area contributed by atoms with Crippen LogP contribution in [0.5, 0.6) is 0 Å². The van der Waals surface area contributed by atoms with E-state index in [-0.39, 0.29) is 36.4 Å². The standard InChI is InChI=1S/C29H23N2O.C24H36NSi.Ir/c1-29(2,3)19-15-17-20(18-16-19)31-25-13-6-5-12-24(25)30-28(31)23-11-8-10-22-21-9-4-7-14-26(21)32-27(22)23;1-17-11-12-18(13-20(17)24(5,6)7)21-14-19(15-23(2,3)4)22(16-25-21)26(8,9)10;/h4-10,12-18H,1-3H3;11,13-14,16H,15H2,1-10H3;/q2*-1;. The summed E-state index contributed by atoms with van der Waals surface area (Å²) in [4.78, 5) is 9.88. The maximum atomic E-state index is 6.30. The maximum Gasteiger partial charge on any atom is 0.120 e. The summed E-state index contributed by atoms with van der Waals surface area (Å²) in [6.45, 7) is 29.9. The Hall–Kier alpha value is -4.61. The molecule has 1 radical (unpaired) electrons. The van der Waals surface area contributed by atoms with Crippen molar-refractivity contribution in [3.05, 3.63) is 144 Å². The molecule has 4 nitrogen and oxygen atoms in total. The van der Waals surface area contributed by atoms with Crippen molar-refractivity contribution < 1.29 is 24.5 Å². The molecule has 0 saturated heterocycles. The molecular weight excluding hydrogens is 915 g/mol. The zero-order valence-corrected chi connectivity index (χ0v) is 40.6. The molecule has 0 aliphatic heterocycles. The van der Waals surface area contributed by atoms with Crippen LogP contribution >= 0.6 is 0 Å². The van der Waals surface area contributed by atoms with E-state index in [4.69, 9.17) is 14.4 Å². The van der Waals surface area contributed by atoms with Crippen molar-refractivity contribution in [1.82, 2.24) is 14.5 Å². The minimum absolute atomic E-state index is 0. The molecule has 3 heterocycles. The van der Waals surface area contributed by atoms with Gasteiger partial charge in [0.2, 0.25) is 0 Å². The zero-order valence-electron chi connectivity index (χ0n) is 37.2. The topological polar surface area (TPSA) is 43.9 Å². The van der Waals surface area contributed by atoms with E-state index in [0.29, 0.717) is 0 Å². The van der Waals surface area contributed by atoms with Crippen molar-refractivity contribution in [2.75, 3.05) is 0 Å². The first-order valence-corrected chi connectivity index (χ1v) is 24.1. The van der Waals surface area contributed by atoms with Gasteiger partial charge in [0, 0.05) is 37.4 Å². The van der Waals surface area contributed by atoms with E-state index in [1.165, 1.54) is 27.4 Å². The molecule has 0 fully saturated rings. The number of para-hydroxylation sites is 3. The molecule has 0 unspecified atom stereocenters. The summed E-state index contributed by atoms with van der Waals surface area (Å²) < 4.78 is 8.51. The summed E-state index contributed by atoms with van der Waals surface area (Å²) in [6.07, 6.45) is 3.23. The molecule has 0 aliphatic carbocycles. The smallest absolute Gasteiger partial charge is 0.120 e. The minimum Gasteiger partial charge on any atom is -0.501 e. The molecular formula is C53H59IrN3OSi-2. The first kappa shape index (κ1) is 44.0. The van der Waals surface area contributed by atoms with E-state index in [0.717, 1.165) is 67.7 Å². The van der Waals surface area contributed by atoms with Gasteiger partial charge >= 0.3 is 0 Å². The predicted octanol–water partition coefficient (Wildman–Crippen LogP) is 14.0. The second-order valence-electron chi connectivity index (χ2n) is 20.2. The van der Waals surface area contributed by atoms with Gasteiger partial charge in [0.15, 0.2) is 0 Å². The SMILES string of the molecule is CC(C)(C)c1ccc(-n2c(-c3[c-]ccc4c3oc3ccccc34)nc3ccccc32)cc1.Cc1c[c-]c(-c2cc(CC(C)(C)C)c([Si](C)(C)C)cn2)cc1C(C)(C)C.[Ir]. The predicted molar refractivity (Wildman–Crippen MR) is 249 cm³/mol. The Morgan fingerprint density at radius 3 is 2.08 bits per heavy atom. The molecule has 0 aliphatic rings. The Morgan fingerprint density at radius 1 is 0.746 bits per heavy atom. The Labute approximate surface area is 366 Å². The van der Waals surface area contributed by atoms with Crippen LogP contribution in [0.2, 0.25) is 19.6 Å². The number of aromatic nitrogens is 3. The van der Waals surface area contributed by atoms with Gasteiger partial charge in [-0.25, -0.2) is 0 Å². The average molecular weight is 974 g/mol. The number of hydrogen-bond donors (Lipinski definition) is 0. The van der Waals surface area contributed by atoms with Crippen molar-refractivity contribution in [1.29, 1.82) is 0 Å². The Kier molecular flexibility index (Phi) is 12.3. The van der Waals surface area contributed by atoms with E-state index in [1.807, 2.05) is 30.3 Å². The summed E-state index contributed by atoms with van der Waals surface area (Å²) in [7, 11) is -1.42. The molecule has 0 atom stereocenters. The van der Waals surface area contributed by atoms with Gasteiger partial charge in [-0.15, -0.1) is 53.1 Å². The molecule has 3 aromatic heterocycles. The third-order valence-electron chi connectivity index (χ3n) is 10.9. The van der Waals surface area contributed by atoms with Crippen molar-refractivity contribution in [3.63, 3.8) is 0 Å². The normalized spacial score (nSPS) is 12.4. The second-order valence-corrected chi connectivity index (χ2v) is 25.2. The van der Waals surface area contributed by atoms with Crippen molar-refractivity contribution in [3.8, 4) is 28.3 Å². The zero-order chi connectivity index (χ0) is 41.8. The number of furan rings is 1. The first-order chi connectivity index (χ1) is 27.2. The molecule has 0 saturated carbocycles. The number of pyridine rings is 1. The van der Waals surface area contributed by atoms with Gasteiger partial charge in [0.1, 0.15) is 5.58 Å². The number of hydrogen-bond acceptors (Lipinski definition) is 3. The number of rotatable bonds is 5. The first-order valence-electron chi connectivity index (χ1n) is 20.6. The quantitative estimate of drug-likeness (QED) is 0.127. The van der Waals surface area contributed by atoms with Gasteiger partial charge < -0.3 is 14.0 Å². The van der Waals surface area contributed by atoms with Crippen LogP contribution in [-0.4, -0.2) is 22.6 Å². The second kappa shape index (κ2) is 16.4. The van der Waals surface area contributed by atoms with Crippen LogP contribution in [0.3, 0.4) is 0 Å². The van der Waals surface area contributed by atoms with Gasteiger partial charge in [0.25, 0.3) is 0 Å². The Bertz CT molecular complexity index is 2750. The largest absolute Gasteiger partial charge is 0.501 e. The van der Waals surface area contributed by atoms with Gasteiger partial charge in [0.05, 0.1) is 30.5 Å². The molecule has 0 spiro atoms. The van der Waals surface area contributed by atoms with Crippen LogP contribution in [0, 0.1) is 24.5 Å². The molecule has 5 aromatic carbocycles. The average Bonchev–Trinajstić information content (AvgIpc) is 3.72.